The van der Waals surface area contributed by atoms with Crippen LogP contribution in [0.5, 0.6) is 0 Å². The van der Waals surface area contributed by atoms with E-state index in [1.165, 1.54) is 5.69 Å². The van der Waals surface area contributed by atoms with Crippen molar-refractivity contribution in [2.45, 2.75) is 38.1 Å². The van der Waals surface area contributed by atoms with E-state index < -0.39 is 0 Å². The fourth-order valence-electron chi connectivity index (χ4n) is 4.56. The summed E-state index contributed by atoms with van der Waals surface area (Å²) in [5.74, 6) is 1.73. The highest BCUT2D eigenvalue weighted by molar-refractivity contribution is 5.79. The highest BCUT2D eigenvalue weighted by Crippen LogP contribution is 2.26. The molecule has 0 unspecified atom stereocenters. The Morgan fingerprint density at radius 3 is 2.86 bits per heavy atom. The lowest BCUT2D eigenvalue weighted by Crippen LogP contribution is -2.44. The third-order valence-corrected chi connectivity index (χ3v) is 6.27. The number of hydrogen-bond acceptors (Lipinski definition) is 5. The molecule has 0 spiro atoms. The molecule has 0 radical (unpaired) electrons. The zero-order chi connectivity index (χ0) is 20.2. The van der Waals surface area contributed by atoms with Crippen molar-refractivity contribution in [1.82, 2.24) is 25.0 Å². The number of rotatable bonds is 5. The van der Waals surface area contributed by atoms with Crippen LogP contribution in [0.4, 0.5) is 5.82 Å². The molecule has 0 aromatic carbocycles. The molecular formula is C22H32N6O. The summed E-state index contributed by atoms with van der Waals surface area (Å²) >= 11 is 0. The van der Waals surface area contributed by atoms with Crippen LogP contribution >= 0.6 is 0 Å². The van der Waals surface area contributed by atoms with Gasteiger partial charge in [-0.2, -0.15) is 5.10 Å². The number of amides is 1. The first kappa shape index (κ1) is 19.9. The number of carbonyl (C=O) groups is 1. The summed E-state index contributed by atoms with van der Waals surface area (Å²) in [5, 5.41) is 8.15. The second kappa shape index (κ2) is 8.95. The van der Waals surface area contributed by atoms with Crippen LogP contribution in [0.3, 0.4) is 0 Å². The van der Waals surface area contributed by atoms with Gasteiger partial charge in [-0.3, -0.25) is 9.48 Å². The molecule has 156 valence electrons. The average Bonchev–Trinajstić information content (AvgIpc) is 3.14. The molecule has 2 fully saturated rings. The minimum absolute atomic E-state index is 0.0212. The SMILES string of the molecule is CN(Cc1cc(C2CCNCC2)nn1C)C(=O)[C@@H]1CCCN(c2ccccn2)C1. The molecule has 2 aliphatic heterocycles. The third-order valence-electron chi connectivity index (χ3n) is 6.27. The van der Waals surface area contributed by atoms with Crippen LogP contribution in [0, 0.1) is 5.92 Å². The monoisotopic (exact) mass is 396 g/mol. The van der Waals surface area contributed by atoms with Gasteiger partial charge in [0.2, 0.25) is 5.91 Å². The number of nitrogens with zero attached hydrogens (tertiary/aromatic N) is 5. The van der Waals surface area contributed by atoms with Gasteiger partial charge in [0.05, 0.1) is 23.9 Å². The number of nitrogens with one attached hydrogen (secondary N) is 1. The van der Waals surface area contributed by atoms with Crippen LogP contribution in [0.15, 0.2) is 30.5 Å². The zero-order valence-corrected chi connectivity index (χ0v) is 17.5. The van der Waals surface area contributed by atoms with Crippen molar-refractivity contribution < 1.29 is 4.79 Å². The number of hydrogen-bond donors (Lipinski definition) is 1. The summed E-state index contributed by atoms with van der Waals surface area (Å²) in [6.07, 6.45) is 6.05. The highest BCUT2D eigenvalue weighted by atomic mass is 16.2. The molecular weight excluding hydrogens is 364 g/mol. The Balaban J connectivity index is 1.38. The van der Waals surface area contributed by atoms with Gasteiger partial charge in [0.1, 0.15) is 5.82 Å². The standard InChI is InChI=1S/C22H32N6O/c1-26(16-19-14-20(25-27(19)2)17-8-11-23-12-9-17)22(29)18-6-5-13-28(15-18)21-7-3-4-10-24-21/h3-4,7,10,14,17-18,23H,5-6,8-9,11-13,15-16H2,1-2H3/t18-/m1/s1. The van der Waals surface area contributed by atoms with Crippen molar-refractivity contribution in [3.63, 3.8) is 0 Å². The second-order valence-electron chi connectivity index (χ2n) is 8.38. The van der Waals surface area contributed by atoms with E-state index in [0.29, 0.717) is 12.5 Å². The molecule has 2 aromatic heterocycles. The Morgan fingerprint density at radius 2 is 2.10 bits per heavy atom. The fourth-order valence-corrected chi connectivity index (χ4v) is 4.56. The molecule has 7 nitrogen and oxygen atoms in total. The maximum Gasteiger partial charge on any atom is 0.227 e. The number of pyridine rings is 1. The summed E-state index contributed by atoms with van der Waals surface area (Å²) in [5.41, 5.74) is 2.27. The smallest absolute Gasteiger partial charge is 0.227 e. The van der Waals surface area contributed by atoms with Gasteiger partial charge < -0.3 is 15.1 Å². The number of carbonyl (C=O) groups excluding carboxylic acids is 1. The van der Waals surface area contributed by atoms with Gasteiger partial charge >= 0.3 is 0 Å². The van der Waals surface area contributed by atoms with Gasteiger partial charge in [0, 0.05) is 39.3 Å². The molecule has 2 saturated heterocycles. The maximum absolute atomic E-state index is 13.1. The van der Waals surface area contributed by atoms with Gasteiger partial charge in [-0.1, -0.05) is 6.07 Å². The predicted molar refractivity (Wildman–Crippen MR) is 114 cm³/mol. The van der Waals surface area contributed by atoms with E-state index in [4.69, 9.17) is 5.10 Å². The molecule has 2 aromatic rings. The minimum atomic E-state index is 0.0212. The van der Waals surface area contributed by atoms with E-state index in [9.17, 15) is 4.79 Å². The molecule has 0 saturated carbocycles. The van der Waals surface area contributed by atoms with Crippen molar-refractivity contribution in [2.24, 2.45) is 13.0 Å². The first-order valence-electron chi connectivity index (χ1n) is 10.8. The van der Waals surface area contributed by atoms with Crippen molar-refractivity contribution >= 4 is 11.7 Å². The molecule has 0 aliphatic carbocycles. The van der Waals surface area contributed by atoms with E-state index >= 15 is 0 Å². The predicted octanol–water partition coefficient (Wildman–Crippen LogP) is 2.16. The van der Waals surface area contributed by atoms with Gasteiger partial charge in [-0.25, -0.2) is 4.98 Å². The first-order chi connectivity index (χ1) is 14.1. The highest BCUT2D eigenvalue weighted by Gasteiger charge is 2.29. The molecule has 1 atom stereocenters. The topological polar surface area (TPSA) is 66.3 Å². The van der Waals surface area contributed by atoms with Gasteiger partial charge in [-0.15, -0.1) is 0 Å². The molecule has 4 heterocycles. The van der Waals surface area contributed by atoms with Crippen LogP contribution in [0.2, 0.25) is 0 Å². The van der Waals surface area contributed by atoms with E-state index in [1.54, 1.807) is 0 Å². The summed E-state index contributed by atoms with van der Waals surface area (Å²) in [7, 11) is 3.90. The largest absolute Gasteiger partial charge is 0.356 e. The van der Waals surface area contributed by atoms with E-state index in [0.717, 1.165) is 63.4 Å². The normalized spacial score (nSPS) is 20.6. The van der Waals surface area contributed by atoms with Crippen LogP contribution in [0.25, 0.3) is 0 Å². The first-order valence-corrected chi connectivity index (χ1v) is 10.8. The molecule has 2 aliphatic rings. The summed E-state index contributed by atoms with van der Waals surface area (Å²) in [6, 6.07) is 8.15. The molecule has 7 heteroatoms. The fraction of sp³-hybridized carbons (Fsp3) is 0.591. The Bertz CT molecular complexity index is 814. The van der Waals surface area contributed by atoms with Crippen molar-refractivity contribution in [3.05, 3.63) is 41.9 Å². The minimum Gasteiger partial charge on any atom is -0.356 e. The Morgan fingerprint density at radius 1 is 1.28 bits per heavy atom. The number of aromatic nitrogens is 3. The van der Waals surface area contributed by atoms with Gasteiger partial charge in [0.15, 0.2) is 0 Å². The Kier molecular flexibility index (Phi) is 6.13. The van der Waals surface area contributed by atoms with Crippen molar-refractivity contribution in [1.29, 1.82) is 0 Å². The maximum atomic E-state index is 13.1. The zero-order valence-electron chi connectivity index (χ0n) is 17.5. The summed E-state index contributed by atoms with van der Waals surface area (Å²) < 4.78 is 1.95. The lowest BCUT2D eigenvalue weighted by Gasteiger charge is -2.34. The lowest BCUT2D eigenvalue weighted by molar-refractivity contribution is -0.135. The van der Waals surface area contributed by atoms with Crippen LogP contribution in [-0.2, 0) is 18.4 Å². The van der Waals surface area contributed by atoms with E-state index in [1.807, 2.05) is 48.1 Å². The molecule has 0 bridgehead atoms. The summed E-state index contributed by atoms with van der Waals surface area (Å²) in [4.78, 5) is 21.7. The van der Waals surface area contributed by atoms with Crippen molar-refractivity contribution in [2.75, 3.05) is 38.1 Å². The summed E-state index contributed by atoms with van der Waals surface area (Å²) in [6.45, 7) is 4.43. The van der Waals surface area contributed by atoms with Crippen LogP contribution in [0.1, 0.15) is 43.0 Å². The van der Waals surface area contributed by atoms with E-state index in [-0.39, 0.29) is 11.8 Å². The molecule has 1 N–H and O–H groups in total. The Labute approximate surface area is 173 Å². The quantitative estimate of drug-likeness (QED) is 0.839. The molecule has 4 rings (SSSR count). The lowest BCUT2D eigenvalue weighted by atomic mass is 9.94. The molecule has 29 heavy (non-hydrogen) atoms. The Hall–Kier alpha value is -2.41. The second-order valence-corrected chi connectivity index (χ2v) is 8.38. The van der Waals surface area contributed by atoms with Gasteiger partial charge in [-0.05, 0) is 57.0 Å². The van der Waals surface area contributed by atoms with Gasteiger partial charge in [0.25, 0.3) is 0 Å². The molecule has 1 amide bonds. The number of piperidine rings is 2. The third kappa shape index (κ3) is 4.61. The number of aryl methyl sites for hydroxylation is 1. The average molecular weight is 397 g/mol. The van der Waals surface area contributed by atoms with E-state index in [2.05, 4.69) is 21.3 Å². The van der Waals surface area contributed by atoms with Crippen molar-refractivity contribution in [3.8, 4) is 0 Å². The van der Waals surface area contributed by atoms with Crippen LogP contribution in [-0.4, -0.2) is 58.8 Å². The van der Waals surface area contributed by atoms with Crippen LogP contribution < -0.4 is 10.2 Å². The number of anilines is 1.